The van der Waals surface area contributed by atoms with Crippen molar-refractivity contribution in [3.8, 4) is 5.69 Å². The van der Waals surface area contributed by atoms with Gasteiger partial charge in [-0.3, -0.25) is 14.3 Å². The van der Waals surface area contributed by atoms with Crippen molar-refractivity contribution in [1.29, 1.82) is 0 Å². The lowest BCUT2D eigenvalue weighted by Gasteiger charge is -2.06. The highest BCUT2D eigenvalue weighted by molar-refractivity contribution is 7.98. The molecule has 1 heterocycles. The fourth-order valence-corrected chi connectivity index (χ4v) is 1.97. The van der Waals surface area contributed by atoms with Gasteiger partial charge in [0.25, 0.3) is 5.56 Å². The Labute approximate surface area is 111 Å². The first-order valence-corrected chi connectivity index (χ1v) is 6.49. The lowest BCUT2D eigenvalue weighted by Crippen LogP contribution is -2.32. The van der Waals surface area contributed by atoms with Crippen molar-refractivity contribution in [3.05, 3.63) is 56.9 Å². The Morgan fingerprint density at radius 3 is 2.42 bits per heavy atom. The molecule has 0 unspecified atom stereocenters. The fraction of sp³-hybridized carbons (Fsp3) is 0.0833. The van der Waals surface area contributed by atoms with E-state index in [1.165, 1.54) is 0 Å². The summed E-state index contributed by atoms with van der Waals surface area (Å²) in [7, 11) is 0. The highest BCUT2D eigenvalue weighted by Gasteiger charge is 2.12. The molecule has 0 aliphatic rings. The zero-order valence-electron chi connectivity index (χ0n) is 9.91. The molecule has 0 aliphatic heterocycles. The average Bonchev–Trinajstić information content (AvgIpc) is 2.38. The number of nitrogens with zero attached hydrogens (tertiary/aromatic N) is 1. The number of carboxylic acid groups (broad SMARTS) is 1. The topological polar surface area (TPSA) is 92.2 Å². The second kappa shape index (κ2) is 5.15. The number of rotatable bonds is 3. The lowest BCUT2D eigenvalue weighted by molar-refractivity contribution is 0.0694. The Morgan fingerprint density at radius 2 is 1.89 bits per heavy atom. The molecule has 2 aromatic rings. The van der Waals surface area contributed by atoms with Gasteiger partial charge < -0.3 is 5.11 Å². The van der Waals surface area contributed by atoms with Crippen molar-refractivity contribution in [2.45, 2.75) is 4.90 Å². The molecular formula is C12H10N2O4S. The molecule has 0 radical (unpaired) electrons. The third kappa shape index (κ3) is 2.60. The zero-order valence-corrected chi connectivity index (χ0v) is 10.7. The Balaban J connectivity index is 2.61. The van der Waals surface area contributed by atoms with Crippen molar-refractivity contribution in [3.63, 3.8) is 0 Å². The van der Waals surface area contributed by atoms with Crippen LogP contribution in [0.25, 0.3) is 5.69 Å². The Morgan fingerprint density at radius 1 is 1.26 bits per heavy atom. The smallest absolute Gasteiger partial charge is 0.342 e. The number of aromatic amines is 1. The van der Waals surface area contributed by atoms with Crippen molar-refractivity contribution >= 4 is 17.7 Å². The molecule has 6 nitrogen and oxygen atoms in total. The van der Waals surface area contributed by atoms with Crippen LogP contribution in [0.5, 0.6) is 0 Å². The quantitative estimate of drug-likeness (QED) is 0.815. The maximum absolute atomic E-state index is 11.7. The summed E-state index contributed by atoms with van der Waals surface area (Å²) in [4.78, 5) is 36.9. The van der Waals surface area contributed by atoms with E-state index in [1.807, 2.05) is 11.2 Å². The van der Waals surface area contributed by atoms with Crippen LogP contribution in [0.3, 0.4) is 0 Å². The normalized spacial score (nSPS) is 10.4. The van der Waals surface area contributed by atoms with Gasteiger partial charge in [-0.2, -0.15) is 0 Å². The van der Waals surface area contributed by atoms with E-state index in [1.54, 1.807) is 36.0 Å². The Hall–Kier alpha value is -2.28. The van der Waals surface area contributed by atoms with Gasteiger partial charge in [-0.05, 0) is 30.5 Å². The third-order valence-electron chi connectivity index (χ3n) is 2.52. The number of thioether (sulfide) groups is 1. The van der Waals surface area contributed by atoms with Gasteiger partial charge in [0.15, 0.2) is 0 Å². The molecule has 1 aromatic heterocycles. The van der Waals surface area contributed by atoms with Crippen LogP contribution in [0.15, 0.2) is 44.9 Å². The number of aromatic carboxylic acids is 1. The zero-order chi connectivity index (χ0) is 14.0. The fourth-order valence-electron chi connectivity index (χ4n) is 1.56. The maximum Gasteiger partial charge on any atom is 0.342 e. The largest absolute Gasteiger partial charge is 0.477 e. The van der Waals surface area contributed by atoms with E-state index in [0.717, 1.165) is 15.7 Å². The van der Waals surface area contributed by atoms with Gasteiger partial charge in [0.05, 0.1) is 5.69 Å². The first-order valence-electron chi connectivity index (χ1n) is 5.26. The van der Waals surface area contributed by atoms with Gasteiger partial charge in [-0.1, -0.05) is 0 Å². The van der Waals surface area contributed by atoms with Gasteiger partial charge in [0, 0.05) is 11.1 Å². The highest BCUT2D eigenvalue weighted by Crippen LogP contribution is 2.16. The molecule has 1 aromatic carbocycles. The van der Waals surface area contributed by atoms with Gasteiger partial charge in [-0.25, -0.2) is 9.59 Å². The second-order valence-electron chi connectivity index (χ2n) is 3.68. The van der Waals surface area contributed by atoms with Crippen molar-refractivity contribution in [2.24, 2.45) is 0 Å². The molecule has 0 saturated heterocycles. The van der Waals surface area contributed by atoms with Gasteiger partial charge in [0.2, 0.25) is 0 Å². The van der Waals surface area contributed by atoms with E-state index < -0.39 is 22.8 Å². The lowest BCUT2D eigenvalue weighted by atomic mass is 10.3. The van der Waals surface area contributed by atoms with Crippen LogP contribution in [-0.4, -0.2) is 26.9 Å². The van der Waals surface area contributed by atoms with Crippen LogP contribution in [0.4, 0.5) is 0 Å². The van der Waals surface area contributed by atoms with Crippen LogP contribution < -0.4 is 11.2 Å². The van der Waals surface area contributed by atoms with Crippen LogP contribution in [-0.2, 0) is 0 Å². The number of benzene rings is 1. The molecule has 0 fully saturated rings. The summed E-state index contributed by atoms with van der Waals surface area (Å²) in [5, 5.41) is 8.87. The summed E-state index contributed by atoms with van der Waals surface area (Å²) >= 11 is 1.55. The predicted octanol–water partition coefficient (Wildman–Crippen LogP) is 0.946. The van der Waals surface area contributed by atoms with E-state index in [2.05, 4.69) is 0 Å². The molecule has 2 rings (SSSR count). The van der Waals surface area contributed by atoms with E-state index in [4.69, 9.17) is 5.11 Å². The molecular weight excluding hydrogens is 268 g/mol. The summed E-state index contributed by atoms with van der Waals surface area (Å²) < 4.78 is 1.09. The summed E-state index contributed by atoms with van der Waals surface area (Å²) in [5.41, 5.74) is -1.57. The van der Waals surface area contributed by atoms with Crippen LogP contribution >= 0.6 is 11.8 Å². The molecule has 98 valence electrons. The first-order chi connectivity index (χ1) is 9.02. The molecule has 2 N–H and O–H groups in total. The van der Waals surface area contributed by atoms with E-state index in [-0.39, 0.29) is 0 Å². The summed E-state index contributed by atoms with van der Waals surface area (Å²) in [6.45, 7) is 0. The predicted molar refractivity (Wildman–Crippen MR) is 71.4 cm³/mol. The Kier molecular flexibility index (Phi) is 3.57. The highest BCUT2D eigenvalue weighted by atomic mass is 32.2. The number of aromatic nitrogens is 2. The number of hydrogen-bond donors (Lipinski definition) is 2. The Bertz CT molecular complexity index is 731. The number of carbonyl (C=O) groups is 1. The van der Waals surface area contributed by atoms with E-state index in [9.17, 15) is 14.4 Å². The molecule has 0 atom stereocenters. The molecule has 7 heteroatoms. The molecule has 0 bridgehead atoms. The molecule has 0 spiro atoms. The maximum atomic E-state index is 11.7. The summed E-state index contributed by atoms with van der Waals surface area (Å²) in [6.07, 6.45) is 2.95. The van der Waals surface area contributed by atoms with Crippen LogP contribution in [0.2, 0.25) is 0 Å². The number of nitrogens with one attached hydrogen (secondary N) is 1. The van der Waals surface area contributed by atoms with Gasteiger partial charge in [-0.15, -0.1) is 11.8 Å². The van der Waals surface area contributed by atoms with Crippen molar-refractivity contribution < 1.29 is 9.90 Å². The first kappa shape index (κ1) is 13.2. The number of carboxylic acids is 1. The van der Waals surface area contributed by atoms with Crippen molar-refractivity contribution in [2.75, 3.05) is 6.26 Å². The standard InChI is InChI=1S/C12H10N2O4S/c1-19-8-4-2-7(3-5-8)14-6-9(11(16)17)10(15)13-12(14)18/h2-6H,1H3,(H,16,17)(H,13,15,18). The van der Waals surface area contributed by atoms with Crippen LogP contribution in [0, 0.1) is 0 Å². The van der Waals surface area contributed by atoms with Crippen molar-refractivity contribution in [1.82, 2.24) is 9.55 Å². The minimum absolute atomic E-state index is 0.478. The van der Waals surface area contributed by atoms with Gasteiger partial charge in [0.1, 0.15) is 5.56 Å². The second-order valence-corrected chi connectivity index (χ2v) is 4.55. The van der Waals surface area contributed by atoms with E-state index >= 15 is 0 Å². The van der Waals surface area contributed by atoms with Gasteiger partial charge >= 0.3 is 11.7 Å². The molecule has 0 saturated carbocycles. The summed E-state index contributed by atoms with van der Waals surface area (Å²) in [5.74, 6) is -1.38. The molecule has 19 heavy (non-hydrogen) atoms. The number of H-pyrrole nitrogens is 1. The molecule has 0 aliphatic carbocycles. The minimum atomic E-state index is -1.38. The summed E-state index contributed by atoms with van der Waals surface area (Å²) in [6, 6.07) is 6.96. The SMILES string of the molecule is CSc1ccc(-n2cc(C(=O)O)c(=O)[nH]c2=O)cc1. The third-order valence-corrected chi connectivity index (χ3v) is 3.27. The monoisotopic (exact) mass is 278 g/mol. The number of hydrogen-bond acceptors (Lipinski definition) is 4. The van der Waals surface area contributed by atoms with Crippen LogP contribution in [0.1, 0.15) is 10.4 Å². The van der Waals surface area contributed by atoms with E-state index in [0.29, 0.717) is 5.69 Å². The molecule has 0 amide bonds. The minimum Gasteiger partial charge on any atom is -0.477 e. The average molecular weight is 278 g/mol.